The number of hydrogen-bond acceptors (Lipinski definition) is 5. The van der Waals surface area contributed by atoms with Gasteiger partial charge in [0, 0.05) is 40.3 Å². The van der Waals surface area contributed by atoms with Crippen LogP contribution in [0.4, 0.5) is 17.1 Å². The fourth-order valence-corrected chi connectivity index (χ4v) is 7.70. The molecule has 0 aliphatic carbocycles. The molecule has 258 valence electrons. The fourth-order valence-electron chi connectivity index (χ4n) is 7.70. The number of rotatable bonds is 6. The molecule has 0 fully saturated rings. The van der Waals surface area contributed by atoms with E-state index in [0.29, 0.717) is 22.9 Å². The van der Waals surface area contributed by atoms with Gasteiger partial charge in [0.25, 0.3) is 0 Å². The molecule has 2 aromatic heterocycles. The second kappa shape index (κ2) is 12.6. The van der Waals surface area contributed by atoms with Crippen molar-refractivity contribution in [2.24, 2.45) is 0 Å². The van der Waals surface area contributed by atoms with E-state index in [0.717, 1.165) is 50.0 Å². The lowest BCUT2D eigenvalue weighted by molar-refractivity contribution is 0.620. The van der Waals surface area contributed by atoms with E-state index in [1.807, 2.05) is 72.8 Å². The molecule has 9 aromatic carbocycles. The first kappa shape index (κ1) is 31.1. The third kappa shape index (κ3) is 5.49. The van der Waals surface area contributed by atoms with Gasteiger partial charge in [-0.05, 0) is 116 Å². The zero-order valence-electron chi connectivity index (χ0n) is 29.6. The van der Waals surface area contributed by atoms with Crippen LogP contribution in [0.15, 0.2) is 197 Å². The molecule has 0 spiro atoms. The van der Waals surface area contributed by atoms with Crippen LogP contribution in [0.1, 0.15) is 0 Å². The number of hydrogen-bond donors (Lipinski definition) is 0. The van der Waals surface area contributed by atoms with Gasteiger partial charge in [0.2, 0.25) is 11.8 Å². The molecule has 5 nitrogen and oxygen atoms in total. The van der Waals surface area contributed by atoms with Crippen LogP contribution in [-0.2, 0) is 0 Å². The van der Waals surface area contributed by atoms with Crippen LogP contribution in [0.3, 0.4) is 0 Å². The monoisotopic (exact) mass is 705 g/mol. The van der Waals surface area contributed by atoms with Gasteiger partial charge in [0.15, 0.2) is 11.2 Å². The molecule has 0 aliphatic rings. The first-order chi connectivity index (χ1) is 27.2. The first-order valence-electron chi connectivity index (χ1n) is 18.4. The SMILES string of the molecule is c1ccc(-c2nc3ccc(N(c4ccc5cc(-c6ccc7c(ccc8ccccc87)c6)ccc5c4)c4ccc5nc(-c6ccccc6)oc5c4)cc3o2)cc1. The second-order valence-corrected chi connectivity index (χ2v) is 13.9. The molecule has 0 atom stereocenters. The highest BCUT2D eigenvalue weighted by atomic mass is 16.4. The summed E-state index contributed by atoms with van der Waals surface area (Å²) < 4.78 is 12.7. The molecule has 11 aromatic rings. The Hall–Kier alpha value is -7.50. The smallest absolute Gasteiger partial charge is 0.227 e. The van der Waals surface area contributed by atoms with E-state index in [-0.39, 0.29) is 0 Å². The van der Waals surface area contributed by atoms with Crippen LogP contribution in [-0.4, -0.2) is 9.97 Å². The molecular weight excluding hydrogens is 675 g/mol. The predicted octanol–water partition coefficient (Wildman–Crippen LogP) is 13.9. The van der Waals surface area contributed by atoms with Crippen LogP contribution in [0.25, 0.3) is 88.6 Å². The van der Waals surface area contributed by atoms with Crippen LogP contribution < -0.4 is 4.90 Å². The summed E-state index contributed by atoms with van der Waals surface area (Å²) in [5.74, 6) is 1.19. The second-order valence-electron chi connectivity index (χ2n) is 13.9. The van der Waals surface area contributed by atoms with E-state index in [1.54, 1.807) is 0 Å². The van der Waals surface area contributed by atoms with Gasteiger partial charge in [0.05, 0.1) is 0 Å². The largest absolute Gasteiger partial charge is 0.436 e. The predicted molar refractivity (Wildman–Crippen MR) is 225 cm³/mol. The molecular formula is C50H31N3O2. The molecule has 0 saturated carbocycles. The van der Waals surface area contributed by atoms with Gasteiger partial charge in [-0.15, -0.1) is 0 Å². The van der Waals surface area contributed by atoms with Crippen molar-refractivity contribution in [3.05, 3.63) is 188 Å². The molecule has 0 amide bonds. The van der Waals surface area contributed by atoms with Gasteiger partial charge < -0.3 is 13.7 Å². The van der Waals surface area contributed by atoms with Crippen molar-refractivity contribution in [2.75, 3.05) is 4.90 Å². The zero-order valence-corrected chi connectivity index (χ0v) is 29.6. The Morgan fingerprint density at radius 1 is 0.327 bits per heavy atom. The van der Waals surface area contributed by atoms with Gasteiger partial charge in [-0.3, -0.25) is 0 Å². The van der Waals surface area contributed by atoms with E-state index in [4.69, 9.17) is 18.8 Å². The Bertz CT molecular complexity index is 3100. The van der Waals surface area contributed by atoms with E-state index in [9.17, 15) is 0 Å². The standard InChI is InChI=1S/C50H31N3O2/c1-3-10-33(11-4-1)49-51-45-25-22-41(30-47(45)54-49)53(42-23-26-46-48(31-42)55-50(52-46)34-12-5-2-6-13-34)40-21-19-36-27-35(16-17-38(36)29-40)37-20-24-44-39(28-37)18-15-32-9-7-8-14-43(32)44/h1-31H. The molecule has 11 rings (SSSR count). The number of aromatic nitrogens is 2. The molecule has 0 radical (unpaired) electrons. The van der Waals surface area contributed by atoms with Crippen molar-refractivity contribution in [2.45, 2.75) is 0 Å². The quantitative estimate of drug-likeness (QED) is 0.161. The average Bonchev–Trinajstić information content (AvgIpc) is 3.88. The van der Waals surface area contributed by atoms with E-state index >= 15 is 0 Å². The highest BCUT2D eigenvalue weighted by Gasteiger charge is 2.19. The summed E-state index contributed by atoms with van der Waals surface area (Å²) in [4.78, 5) is 11.8. The van der Waals surface area contributed by atoms with Gasteiger partial charge >= 0.3 is 0 Å². The molecule has 0 unspecified atom stereocenters. The van der Waals surface area contributed by atoms with Crippen LogP contribution in [0.5, 0.6) is 0 Å². The fraction of sp³-hybridized carbons (Fsp3) is 0. The number of fused-ring (bicyclic) bond motifs is 6. The number of anilines is 3. The highest BCUT2D eigenvalue weighted by Crippen LogP contribution is 2.40. The maximum atomic E-state index is 6.35. The number of nitrogens with zero attached hydrogens (tertiary/aromatic N) is 3. The molecule has 0 aliphatic heterocycles. The normalized spacial score (nSPS) is 11.6. The summed E-state index contributed by atoms with van der Waals surface area (Å²) in [5.41, 5.74) is 10.1. The minimum Gasteiger partial charge on any atom is -0.436 e. The van der Waals surface area contributed by atoms with E-state index in [2.05, 4.69) is 120 Å². The lowest BCUT2D eigenvalue weighted by atomic mass is 9.96. The van der Waals surface area contributed by atoms with Crippen LogP contribution >= 0.6 is 0 Å². The maximum absolute atomic E-state index is 6.35. The summed E-state index contributed by atoms with van der Waals surface area (Å²) in [5, 5.41) is 7.34. The third-order valence-electron chi connectivity index (χ3n) is 10.5. The lowest BCUT2D eigenvalue weighted by Gasteiger charge is -2.25. The van der Waals surface area contributed by atoms with Crippen molar-refractivity contribution < 1.29 is 8.83 Å². The lowest BCUT2D eigenvalue weighted by Crippen LogP contribution is -2.09. The van der Waals surface area contributed by atoms with Crippen LogP contribution in [0.2, 0.25) is 0 Å². The number of benzene rings is 9. The summed E-state index contributed by atoms with van der Waals surface area (Å²) in [6.07, 6.45) is 0. The average molecular weight is 706 g/mol. The molecule has 0 saturated heterocycles. The van der Waals surface area contributed by atoms with Gasteiger partial charge in [0.1, 0.15) is 11.0 Å². The van der Waals surface area contributed by atoms with E-state index in [1.165, 1.54) is 32.7 Å². The minimum absolute atomic E-state index is 0.595. The number of oxazole rings is 2. The Labute approximate surface area is 316 Å². The zero-order chi connectivity index (χ0) is 36.3. The van der Waals surface area contributed by atoms with Crippen LogP contribution in [0, 0.1) is 0 Å². The van der Waals surface area contributed by atoms with Crippen molar-refractivity contribution in [3.63, 3.8) is 0 Å². The molecule has 0 N–H and O–H groups in total. The highest BCUT2D eigenvalue weighted by molar-refractivity contribution is 6.08. The maximum Gasteiger partial charge on any atom is 0.227 e. The summed E-state index contributed by atoms with van der Waals surface area (Å²) in [7, 11) is 0. The topological polar surface area (TPSA) is 55.3 Å². The van der Waals surface area contributed by atoms with Crippen molar-refractivity contribution in [1.82, 2.24) is 9.97 Å². The van der Waals surface area contributed by atoms with Crippen molar-refractivity contribution >= 4 is 71.6 Å². The summed E-state index contributed by atoms with van der Waals surface area (Å²) in [6.45, 7) is 0. The molecule has 5 heteroatoms. The molecule has 0 bridgehead atoms. The van der Waals surface area contributed by atoms with E-state index < -0.39 is 0 Å². The Balaban J connectivity index is 1.01. The first-order valence-corrected chi connectivity index (χ1v) is 18.4. The van der Waals surface area contributed by atoms with Gasteiger partial charge in [-0.1, -0.05) is 103 Å². The van der Waals surface area contributed by atoms with Crippen molar-refractivity contribution in [3.8, 4) is 34.0 Å². The van der Waals surface area contributed by atoms with Gasteiger partial charge in [-0.25, -0.2) is 9.97 Å². The third-order valence-corrected chi connectivity index (χ3v) is 10.5. The minimum atomic E-state index is 0.595. The van der Waals surface area contributed by atoms with Gasteiger partial charge in [-0.2, -0.15) is 0 Å². The summed E-state index contributed by atoms with van der Waals surface area (Å²) >= 11 is 0. The summed E-state index contributed by atoms with van der Waals surface area (Å²) in [6, 6.07) is 65.5. The Morgan fingerprint density at radius 2 is 0.800 bits per heavy atom. The Kier molecular flexibility index (Phi) is 7.10. The molecule has 55 heavy (non-hydrogen) atoms. The van der Waals surface area contributed by atoms with Crippen molar-refractivity contribution in [1.29, 1.82) is 0 Å². The molecule has 2 heterocycles. The Morgan fingerprint density at radius 3 is 1.47 bits per heavy atom.